The van der Waals surface area contributed by atoms with Crippen molar-refractivity contribution in [2.45, 2.75) is 25.3 Å². The minimum absolute atomic E-state index is 0.0626. The minimum Gasteiger partial charge on any atom is -0.348 e. The van der Waals surface area contributed by atoms with Crippen molar-refractivity contribution in [3.05, 3.63) is 65.5 Å². The van der Waals surface area contributed by atoms with Gasteiger partial charge < -0.3 is 9.88 Å². The Hall–Kier alpha value is -2.78. The molecule has 0 bridgehead atoms. The highest BCUT2D eigenvalue weighted by Crippen LogP contribution is 2.19. The number of fused-ring (bicyclic) bond motifs is 1. The minimum atomic E-state index is -0.131. The van der Waals surface area contributed by atoms with Crippen molar-refractivity contribution in [1.29, 1.82) is 5.26 Å². The lowest BCUT2D eigenvalue weighted by Crippen LogP contribution is -2.30. The summed E-state index contributed by atoms with van der Waals surface area (Å²) in [7, 11) is 0. The molecule has 5 nitrogen and oxygen atoms in total. The fourth-order valence-electron chi connectivity index (χ4n) is 2.90. The maximum Gasteiger partial charge on any atom is 0.240 e. The second-order valence-corrected chi connectivity index (χ2v) is 6.92. The number of hydrogen-bond acceptors (Lipinski definition) is 4. The predicted molar refractivity (Wildman–Crippen MR) is 105 cm³/mol. The summed E-state index contributed by atoms with van der Waals surface area (Å²) in [6, 6.07) is 17.1. The summed E-state index contributed by atoms with van der Waals surface area (Å²) >= 11 is 1.68. The fraction of sp³-hybridized carbons (Fsp3) is 0.250. The Kier molecular flexibility index (Phi) is 5.59. The smallest absolute Gasteiger partial charge is 0.240 e. The van der Waals surface area contributed by atoms with Crippen molar-refractivity contribution in [2.24, 2.45) is 0 Å². The Labute approximate surface area is 157 Å². The lowest BCUT2D eigenvalue weighted by Gasteiger charge is -2.16. The van der Waals surface area contributed by atoms with Gasteiger partial charge in [-0.05, 0) is 43.0 Å². The Balaban J connectivity index is 1.76. The first-order valence-electron chi connectivity index (χ1n) is 8.35. The van der Waals surface area contributed by atoms with E-state index in [1.165, 1.54) is 0 Å². The van der Waals surface area contributed by atoms with Gasteiger partial charge in [-0.1, -0.05) is 24.3 Å². The molecule has 0 aliphatic carbocycles. The lowest BCUT2D eigenvalue weighted by atomic mass is 10.1. The molecule has 1 aromatic heterocycles. The molecule has 0 aliphatic rings. The number of carbonyl (C=O) groups is 1. The van der Waals surface area contributed by atoms with E-state index in [0.29, 0.717) is 5.56 Å². The first-order chi connectivity index (χ1) is 12.6. The average Bonchev–Trinajstić information content (AvgIpc) is 2.99. The summed E-state index contributed by atoms with van der Waals surface area (Å²) in [6.07, 6.45) is 2.02. The van der Waals surface area contributed by atoms with Crippen LogP contribution in [0.1, 0.15) is 29.9 Å². The van der Waals surface area contributed by atoms with E-state index in [9.17, 15) is 4.79 Å². The number of nitrogens with zero attached hydrogens (tertiary/aromatic N) is 3. The molecule has 1 atom stereocenters. The molecule has 3 rings (SSSR count). The van der Waals surface area contributed by atoms with Crippen LogP contribution in [0.2, 0.25) is 0 Å². The van der Waals surface area contributed by atoms with Crippen LogP contribution in [0.5, 0.6) is 0 Å². The first-order valence-corrected chi connectivity index (χ1v) is 9.74. The SMILES string of the molecule is CSCc1nc2ccccc2n1CC(=O)NC(C)c1ccc(C#N)cc1. The molecular weight excluding hydrogens is 344 g/mol. The lowest BCUT2D eigenvalue weighted by molar-refractivity contribution is -0.122. The molecule has 3 aromatic rings. The van der Waals surface area contributed by atoms with Gasteiger partial charge in [0.2, 0.25) is 5.91 Å². The number of thioether (sulfide) groups is 1. The third-order valence-electron chi connectivity index (χ3n) is 4.23. The number of nitrogens with one attached hydrogen (secondary N) is 1. The van der Waals surface area contributed by atoms with E-state index in [4.69, 9.17) is 5.26 Å². The molecule has 0 saturated carbocycles. The van der Waals surface area contributed by atoms with Gasteiger partial charge in [0.1, 0.15) is 12.4 Å². The quantitative estimate of drug-likeness (QED) is 0.725. The Morgan fingerprint density at radius 2 is 2.00 bits per heavy atom. The molecule has 0 spiro atoms. The van der Waals surface area contributed by atoms with Crippen LogP contribution < -0.4 is 5.32 Å². The number of hydrogen-bond donors (Lipinski definition) is 1. The van der Waals surface area contributed by atoms with Gasteiger partial charge in [0, 0.05) is 0 Å². The van der Waals surface area contributed by atoms with Crippen molar-refractivity contribution in [3.63, 3.8) is 0 Å². The first kappa shape index (κ1) is 18.0. The Bertz CT molecular complexity index is 956. The van der Waals surface area contributed by atoms with Crippen molar-refractivity contribution in [3.8, 4) is 6.07 Å². The van der Waals surface area contributed by atoms with Crippen LogP contribution in [0.15, 0.2) is 48.5 Å². The highest BCUT2D eigenvalue weighted by Gasteiger charge is 2.15. The van der Waals surface area contributed by atoms with Crippen LogP contribution in [0, 0.1) is 11.3 Å². The van der Waals surface area contributed by atoms with Gasteiger partial charge in [0.15, 0.2) is 0 Å². The molecule has 6 heteroatoms. The van der Waals surface area contributed by atoms with Crippen LogP contribution in [-0.2, 0) is 17.1 Å². The number of nitriles is 1. The molecular formula is C20H20N4OS. The second-order valence-electron chi connectivity index (χ2n) is 6.06. The van der Waals surface area contributed by atoms with Crippen molar-refractivity contribution in [2.75, 3.05) is 6.26 Å². The number of para-hydroxylation sites is 2. The molecule has 0 saturated heterocycles. The van der Waals surface area contributed by atoms with Gasteiger partial charge in [0.25, 0.3) is 0 Å². The van der Waals surface area contributed by atoms with Crippen LogP contribution >= 0.6 is 11.8 Å². The molecule has 1 amide bonds. The molecule has 1 unspecified atom stereocenters. The zero-order chi connectivity index (χ0) is 18.5. The third-order valence-corrected chi connectivity index (χ3v) is 4.77. The molecule has 1 N–H and O–H groups in total. The summed E-state index contributed by atoms with van der Waals surface area (Å²) < 4.78 is 1.98. The van der Waals surface area contributed by atoms with Gasteiger partial charge in [-0.25, -0.2) is 4.98 Å². The number of aromatic nitrogens is 2. The molecule has 0 fully saturated rings. The zero-order valence-corrected chi connectivity index (χ0v) is 15.6. The van der Waals surface area contributed by atoms with Gasteiger partial charge in [-0.2, -0.15) is 17.0 Å². The summed E-state index contributed by atoms with van der Waals surface area (Å²) in [5.41, 5.74) is 3.46. The topological polar surface area (TPSA) is 70.7 Å². The van der Waals surface area contributed by atoms with Crippen LogP contribution in [-0.4, -0.2) is 21.7 Å². The van der Waals surface area contributed by atoms with Crippen molar-refractivity contribution >= 4 is 28.7 Å². The number of imidazole rings is 1. The van der Waals surface area contributed by atoms with E-state index >= 15 is 0 Å². The third kappa shape index (κ3) is 3.89. The normalized spacial score (nSPS) is 11.9. The standard InChI is InChI=1S/C20H20N4OS/c1-14(16-9-7-15(11-21)8-10-16)22-20(25)12-24-18-6-4-3-5-17(18)23-19(24)13-26-2/h3-10,14H,12-13H2,1-2H3,(H,22,25). The van der Waals surface area contributed by atoms with E-state index in [1.54, 1.807) is 23.9 Å². The number of carbonyl (C=O) groups excluding carboxylic acids is 1. The van der Waals surface area contributed by atoms with E-state index in [0.717, 1.165) is 28.2 Å². The number of benzene rings is 2. The second kappa shape index (κ2) is 8.07. The summed E-state index contributed by atoms with van der Waals surface area (Å²) in [5.74, 6) is 1.60. The van der Waals surface area contributed by atoms with E-state index in [2.05, 4.69) is 16.4 Å². The number of rotatable bonds is 6. The predicted octanol–water partition coefficient (Wildman–Crippen LogP) is 3.65. The molecule has 0 radical (unpaired) electrons. The maximum atomic E-state index is 12.6. The van der Waals surface area contributed by atoms with E-state index < -0.39 is 0 Å². The highest BCUT2D eigenvalue weighted by atomic mass is 32.2. The van der Waals surface area contributed by atoms with Crippen molar-refractivity contribution in [1.82, 2.24) is 14.9 Å². The van der Waals surface area contributed by atoms with Gasteiger partial charge in [-0.3, -0.25) is 4.79 Å². The van der Waals surface area contributed by atoms with Crippen molar-refractivity contribution < 1.29 is 4.79 Å². The molecule has 132 valence electrons. The fourth-order valence-corrected chi connectivity index (χ4v) is 3.38. The summed E-state index contributed by atoms with van der Waals surface area (Å²) in [4.78, 5) is 17.2. The van der Waals surface area contributed by atoms with Crippen LogP contribution in [0.4, 0.5) is 0 Å². The van der Waals surface area contributed by atoms with E-state index in [1.807, 2.05) is 54.1 Å². The summed E-state index contributed by atoms with van der Waals surface area (Å²) in [5, 5.41) is 11.9. The zero-order valence-electron chi connectivity index (χ0n) is 14.8. The Morgan fingerprint density at radius 1 is 1.27 bits per heavy atom. The monoisotopic (exact) mass is 364 g/mol. The van der Waals surface area contributed by atoms with E-state index in [-0.39, 0.29) is 18.5 Å². The largest absolute Gasteiger partial charge is 0.348 e. The Morgan fingerprint density at radius 3 is 2.69 bits per heavy atom. The molecule has 26 heavy (non-hydrogen) atoms. The van der Waals surface area contributed by atoms with Gasteiger partial charge in [-0.15, -0.1) is 0 Å². The number of amides is 1. The van der Waals surface area contributed by atoms with Gasteiger partial charge in [0.05, 0.1) is 34.5 Å². The van der Waals surface area contributed by atoms with Crippen LogP contribution in [0.3, 0.4) is 0 Å². The molecule has 2 aromatic carbocycles. The summed E-state index contributed by atoms with van der Waals surface area (Å²) in [6.45, 7) is 2.17. The van der Waals surface area contributed by atoms with Gasteiger partial charge >= 0.3 is 0 Å². The maximum absolute atomic E-state index is 12.6. The van der Waals surface area contributed by atoms with Crippen LogP contribution in [0.25, 0.3) is 11.0 Å². The highest BCUT2D eigenvalue weighted by molar-refractivity contribution is 7.97. The average molecular weight is 364 g/mol. The molecule has 0 aliphatic heterocycles. The molecule has 1 heterocycles.